The summed E-state index contributed by atoms with van der Waals surface area (Å²) in [5.74, 6) is 3.23. The van der Waals surface area contributed by atoms with Crippen LogP contribution < -0.4 is 15.9 Å². The Bertz CT molecular complexity index is 543. The summed E-state index contributed by atoms with van der Waals surface area (Å²) < 4.78 is 20.6. The number of ether oxygens (including phenoxy) is 1. The van der Waals surface area contributed by atoms with Gasteiger partial charge in [0, 0.05) is 40.2 Å². The minimum absolute atomic E-state index is 0.175. The van der Waals surface area contributed by atoms with Gasteiger partial charge in [-0.25, -0.2) is 9.66 Å². The van der Waals surface area contributed by atoms with Gasteiger partial charge in [-0.1, -0.05) is 22.6 Å². The molecule has 0 saturated heterocycles. The maximum Gasteiger partial charge on any atom is 0.253 e. The Kier molecular flexibility index (Phi) is 6.99. The first-order valence-electron chi connectivity index (χ1n) is 6.78. The number of nitrogens with zero attached hydrogens (tertiary/aromatic N) is 4. The van der Waals surface area contributed by atoms with Crippen LogP contribution in [0.25, 0.3) is 0 Å². The lowest BCUT2D eigenvalue weighted by molar-refractivity contribution is 0.191. The molecule has 0 aliphatic heterocycles. The van der Waals surface area contributed by atoms with Gasteiger partial charge in [0.2, 0.25) is 0 Å². The molecule has 1 aromatic heterocycles. The lowest BCUT2D eigenvalue weighted by atomic mass is 10.3. The minimum atomic E-state index is 0.175. The molecule has 22 heavy (non-hydrogen) atoms. The monoisotopic (exact) mass is 307 g/mol. The van der Waals surface area contributed by atoms with Crippen molar-refractivity contribution in [3.63, 3.8) is 0 Å². The number of halogens is 1. The fourth-order valence-corrected chi connectivity index (χ4v) is 1.70. The van der Waals surface area contributed by atoms with Crippen LogP contribution in [0.15, 0.2) is 30.2 Å². The van der Waals surface area contributed by atoms with Gasteiger partial charge >= 0.3 is 0 Å². The van der Waals surface area contributed by atoms with E-state index in [-0.39, 0.29) is 12.6 Å². The van der Waals surface area contributed by atoms with Crippen LogP contribution >= 0.6 is 0 Å². The van der Waals surface area contributed by atoms with E-state index in [1.165, 1.54) is 7.05 Å². The van der Waals surface area contributed by atoms with E-state index in [0.29, 0.717) is 29.5 Å². The normalized spacial score (nSPS) is 11.5. The number of terminal acetylenes is 1. The first kappa shape index (κ1) is 17.6. The fraction of sp³-hybridized carbons (Fsp3) is 0.400. The Labute approximate surface area is 130 Å². The van der Waals surface area contributed by atoms with Gasteiger partial charge in [0.25, 0.3) is 5.95 Å². The van der Waals surface area contributed by atoms with E-state index in [9.17, 15) is 4.48 Å². The van der Waals surface area contributed by atoms with Crippen LogP contribution in [-0.4, -0.2) is 37.3 Å². The van der Waals surface area contributed by atoms with Crippen molar-refractivity contribution in [1.82, 2.24) is 9.66 Å². The predicted molar refractivity (Wildman–Crippen MR) is 86.3 cm³/mol. The molecule has 6 nitrogen and oxygen atoms in total. The Hall–Kier alpha value is -2.46. The zero-order valence-electron chi connectivity index (χ0n) is 13.2. The molecule has 0 aliphatic carbocycles. The second-order valence-corrected chi connectivity index (χ2v) is 4.68. The van der Waals surface area contributed by atoms with Gasteiger partial charge in [0.1, 0.15) is 18.1 Å². The average molecular weight is 307 g/mol. The van der Waals surface area contributed by atoms with Crippen molar-refractivity contribution in [3.05, 3.63) is 35.9 Å². The summed E-state index contributed by atoms with van der Waals surface area (Å²) in [4.78, 5) is 4.19. The van der Waals surface area contributed by atoms with E-state index in [4.69, 9.17) is 16.9 Å². The smallest absolute Gasteiger partial charge is 0.253 e. The molecule has 0 amide bonds. The highest BCUT2D eigenvalue weighted by molar-refractivity contribution is 5.30. The standard InChI is InChI=1S/C15H22FN5O/c1-5-8-14(9-6-7-10-17)22-12-13-11-21(19(2)3)15(18-13)20(4)16/h1,6-8,11H,9-10,12,17H2,2-4H3/b7-6-,14-8+. The Morgan fingerprint density at radius 1 is 1.50 bits per heavy atom. The third-order valence-corrected chi connectivity index (χ3v) is 2.70. The molecule has 0 spiro atoms. The van der Waals surface area contributed by atoms with Crippen LogP contribution in [0.1, 0.15) is 12.1 Å². The first-order valence-corrected chi connectivity index (χ1v) is 6.78. The summed E-state index contributed by atoms with van der Waals surface area (Å²) in [6, 6.07) is 0. The van der Waals surface area contributed by atoms with E-state index < -0.39 is 0 Å². The quantitative estimate of drug-likeness (QED) is 0.340. The zero-order valence-corrected chi connectivity index (χ0v) is 13.2. The minimum Gasteiger partial charge on any atom is -0.491 e. The van der Waals surface area contributed by atoms with Crippen LogP contribution in [0.5, 0.6) is 0 Å². The number of imidazole rings is 1. The lowest BCUT2D eigenvalue weighted by Gasteiger charge is -2.17. The van der Waals surface area contributed by atoms with Gasteiger partial charge in [0.05, 0.1) is 6.20 Å². The highest BCUT2D eigenvalue weighted by atomic mass is 19.2. The molecule has 0 bridgehead atoms. The van der Waals surface area contributed by atoms with Crippen molar-refractivity contribution >= 4 is 5.95 Å². The summed E-state index contributed by atoms with van der Waals surface area (Å²) in [5.41, 5.74) is 5.98. The molecule has 120 valence electrons. The molecule has 0 aliphatic rings. The molecule has 0 aromatic carbocycles. The summed E-state index contributed by atoms with van der Waals surface area (Å²) in [7, 11) is 4.87. The Morgan fingerprint density at radius 2 is 2.23 bits per heavy atom. The van der Waals surface area contributed by atoms with Gasteiger partial charge in [-0.15, -0.1) is 6.42 Å². The second-order valence-electron chi connectivity index (χ2n) is 4.68. The predicted octanol–water partition coefficient (Wildman–Crippen LogP) is 1.34. The number of hydrogen-bond donors (Lipinski definition) is 1. The maximum absolute atomic E-state index is 13.4. The highest BCUT2D eigenvalue weighted by Crippen LogP contribution is 2.16. The summed E-state index contributed by atoms with van der Waals surface area (Å²) in [6.45, 7) is 0.661. The number of anilines is 1. The summed E-state index contributed by atoms with van der Waals surface area (Å²) in [6.07, 6.45) is 12.8. The van der Waals surface area contributed by atoms with Crippen molar-refractivity contribution < 1.29 is 9.22 Å². The van der Waals surface area contributed by atoms with Crippen LogP contribution in [0.2, 0.25) is 0 Å². The number of aromatic nitrogens is 2. The van der Waals surface area contributed by atoms with Gasteiger partial charge in [-0.05, 0) is 0 Å². The maximum atomic E-state index is 13.4. The summed E-state index contributed by atoms with van der Waals surface area (Å²) in [5, 5.41) is 2.16. The molecule has 7 heteroatoms. The van der Waals surface area contributed by atoms with E-state index >= 15 is 0 Å². The van der Waals surface area contributed by atoms with Crippen molar-refractivity contribution in [1.29, 1.82) is 0 Å². The largest absolute Gasteiger partial charge is 0.491 e. The van der Waals surface area contributed by atoms with E-state index in [1.54, 1.807) is 36.1 Å². The molecule has 1 rings (SSSR count). The van der Waals surface area contributed by atoms with Crippen LogP contribution in [-0.2, 0) is 11.3 Å². The number of hydrogen-bond acceptors (Lipinski definition) is 5. The van der Waals surface area contributed by atoms with E-state index in [2.05, 4.69) is 10.9 Å². The van der Waals surface area contributed by atoms with Crippen molar-refractivity contribution in [2.75, 3.05) is 37.8 Å². The van der Waals surface area contributed by atoms with Crippen LogP contribution in [0.4, 0.5) is 10.4 Å². The molecule has 0 atom stereocenters. The third kappa shape index (κ3) is 5.14. The second kappa shape index (κ2) is 8.74. The topological polar surface area (TPSA) is 59.6 Å². The van der Waals surface area contributed by atoms with Gasteiger partial charge in [-0.2, -0.15) is 5.12 Å². The third-order valence-electron chi connectivity index (χ3n) is 2.70. The van der Waals surface area contributed by atoms with Crippen molar-refractivity contribution in [2.45, 2.75) is 13.0 Å². The highest BCUT2D eigenvalue weighted by Gasteiger charge is 2.13. The van der Waals surface area contributed by atoms with Gasteiger partial charge in [0.15, 0.2) is 0 Å². The van der Waals surface area contributed by atoms with Crippen LogP contribution in [0.3, 0.4) is 0 Å². The fourth-order valence-electron chi connectivity index (χ4n) is 1.70. The Morgan fingerprint density at radius 3 is 2.73 bits per heavy atom. The molecule has 0 unspecified atom stereocenters. The lowest BCUT2D eigenvalue weighted by Crippen LogP contribution is -2.27. The molecule has 0 fully saturated rings. The molecule has 0 saturated carbocycles. The van der Waals surface area contributed by atoms with Crippen molar-refractivity contribution in [3.8, 4) is 12.3 Å². The molecule has 1 aromatic rings. The Balaban J connectivity index is 2.78. The molecular formula is C15H22FN5O. The van der Waals surface area contributed by atoms with Crippen molar-refractivity contribution in [2.24, 2.45) is 5.73 Å². The van der Waals surface area contributed by atoms with Gasteiger partial charge < -0.3 is 15.5 Å². The zero-order chi connectivity index (χ0) is 16.5. The summed E-state index contributed by atoms with van der Waals surface area (Å²) >= 11 is 0. The SMILES string of the molecule is C#C/C=C(\C/C=C\CN)OCc1cn(N(C)C)c(N(C)F)n1. The van der Waals surface area contributed by atoms with Gasteiger partial charge in [-0.3, -0.25) is 0 Å². The average Bonchev–Trinajstić information content (AvgIpc) is 2.89. The van der Waals surface area contributed by atoms with E-state index in [1.807, 2.05) is 12.2 Å². The van der Waals surface area contributed by atoms with E-state index in [0.717, 1.165) is 0 Å². The molecule has 1 heterocycles. The first-order chi connectivity index (χ1) is 10.5. The molecule has 0 radical (unpaired) electrons. The molecule has 2 N–H and O–H groups in total. The number of nitrogens with two attached hydrogens (primary N) is 1. The van der Waals surface area contributed by atoms with Crippen LogP contribution in [0, 0.1) is 12.3 Å². The molecular weight excluding hydrogens is 285 g/mol. The number of rotatable bonds is 8. The number of allylic oxidation sites excluding steroid dienone is 2.